The molecule has 0 radical (unpaired) electrons. The number of halogens is 1. The van der Waals surface area contributed by atoms with E-state index in [4.69, 9.17) is 21.6 Å². The highest BCUT2D eigenvalue weighted by molar-refractivity contribution is 6.17. The van der Waals surface area contributed by atoms with E-state index in [2.05, 4.69) is 4.74 Å². The summed E-state index contributed by atoms with van der Waals surface area (Å²) in [6, 6.07) is 5.29. The highest BCUT2D eigenvalue weighted by atomic mass is 35.5. The zero-order valence-electron chi connectivity index (χ0n) is 9.62. The number of alkyl halides is 1. The van der Waals surface area contributed by atoms with E-state index in [1.807, 2.05) is 6.07 Å². The molecule has 17 heavy (non-hydrogen) atoms. The van der Waals surface area contributed by atoms with Gasteiger partial charge in [-0.25, -0.2) is 0 Å². The van der Waals surface area contributed by atoms with Crippen molar-refractivity contribution >= 4 is 17.6 Å². The minimum Gasteiger partial charge on any atom is -0.495 e. The molecule has 4 nitrogen and oxygen atoms in total. The molecule has 0 spiro atoms. The fourth-order valence-corrected chi connectivity index (χ4v) is 1.69. The number of hydrogen-bond donors (Lipinski definition) is 0. The van der Waals surface area contributed by atoms with Crippen molar-refractivity contribution in [1.82, 2.24) is 0 Å². The van der Waals surface area contributed by atoms with Crippen LogP contribution in [0.15, 0.2) is 12.1 Å². The molecule has 0 heterocycles. The number of esters is 1. The Balaban J connectivity index is 3.20. The number of carbonyl (C=O) groups is 1. The van der Waals surface area contributed by atoms with Gasteiger partial charge in [-0.1, -0.05) is 0 Å². The summed E-state index contributed by atoms with van der Waals surface area (Å²) in [4.78, 5) is 11.2. The van der Waals surface area contributed by atoms with Crippen LogP contribution in [0.5, 0.6) is 5.75 Å². The molecule has 0 N–H and O–H groups in total. The van der Waals surface area contributed by atoms with Crippen LogP contribution in [0.2, 0.25) is 0 Å². The molecule has 1 aromatic carbocycles. The molecule has 0 bridgehead atoms. The molecular weight excluding hydrogens is 242 g/mol. The first-order valence-corrected chi connectivity index (χ1v) is 5.42. The fourth-order valence-electron chi connectivity index (χ4n) is 1.44. The fraction of sp³-hybridized carbons (Fsp3) is 0.333. The monoisotopic (exact) mass is 253 g/mol. The van der Waals surface area contributed by atoms with Crippen LogP contribution in [0.4, 0.5) is 0 Å². The summed E-state index contributed by atoms with van der Waals surface area (Å²) in [6.07, 6.45) is 0.112. The number of hydrogen-bond acceptors (Lipinski definition) is 4. The van der Waals surface area contributed by atoms with Crippen molar-refractivity contribution < 1.29 is 14.3 Å². The van der Waals surface area contributed by atoms with Gasteiger partial charge in [-0.2, -0.15) is 5.26 Å². The van der Waals surface area contributed by atoms with Crippen LogP contribution in [0, 0.1) is 11.3 Å². The van der Waals surface area contributed by atoms with Crippen molar-refractivity contribution in [3.8, 4) is 11.8 Å². The maximum absolute atomic E-state index is 11.2. The Hall–Kier alpha value is -1.73. The molecule has 0 fully saturated rings. The molecule has 1 rings (SSSR count). The van der Waals surface area contributed by atoms with Crippen LogP contribution in [-0.2, 0) is 21.8 Å². The Bertz CT molecular complexity index is 466. The van der Waals surface area contributed by atoms with Crippen LogP contribution >= 0.6 is 11.6 Å². The number of nitriles is 1. The number of carbonyl (C=O) groups excluding carboxylic acids is 1. The van der Waals surface area contributed by atoms with E-state index in [0.717, 1.165) is 5.56 Å². The van der Waals surface area contributed by atoms with Crippen LogP contribution in [0.25, 0.3) is 0 Å². The second kappa shape index (κ2) is 6.12. The molecule has 0 saturated heterocycles. The molecule has 0 aromatic heterocycles. The lowest BCUT2D eigenvalue weighted by atomic mass is 10.0. The van der Waals surface area contributed by atoms with E-state index in [1.54, 1.807) is 12.1 Å². The number of methoxy groups -OCH3 is 2. The molecular formula is C12H12ClNO3. The average Bonchev–Trinajstić information content (AvgIpc) is 2.37. The predicted octanol–water partition coefficient (Wildman–Crippen LogP) is 2.02. The normalized spacial score (nSPS) is 9.53. The SMILES string of the molecule is COC(=O)Cc1cc(OC)c(C#N)cc1CCl. The van der Waals surface area contributed by atoms with Gasteiger partial charge in [0.15, 0.2) is 0 Å². The second-order valence-electron chi connectivity index (χ2n) is 3.32. The summed E-state index contributed by atoms with van der Waals surface area (Å²) in [5.41, 5.74) is 1.84. The molecule has 90 valence electrons. The first kappa shape index (κ1) is 13.3. The summed E-state index contributed by atoms with van der Waals surface area (Å²) in [5.74, 6) is 0.300. The van der Waals surface area contributed by atoms with Crippen molar-refractivity contribution in [3.63, 3.8) is 0 Å². The Morgan fingerprint density at radius 1 is 1.41 bits per heavy atom. The molecule has 0 aliphatic rings. The first-order valence-electron chi connectivity index (χ1n) is 4.89. The molecule has 0 amide bonds. The minimum atomic E-state index is -0.358. The Kier molecular flexibility index (Phi) is 4.80. The highest BCUT2D eigenvalue weighted by Gasteiger charge is 2.13. The minimum absolute atomic E-state index is 0.112. The van der Waals surface area contributed by atoms with Gasteiger partial charge in [-0.3, -0.25) is 4.79 Å². The third-order valence-corrected chi connectivity index (χ3v) is 2.64. The van der Waals surface area contributed by atoms with Gasteiger partial charge in [0.1, 0.15) is 11.8 Å². The van der Waals surface area contributed by atoms with Gasteiger partial charge in [0.05, 0.1) is 26.2 Å². The lowest BCUT2D eigenvalue weighted by Crippen LogP contribution is -2.07. The lowest BCUT2D eigenvalue weighted by molar-refractivity contribution is -0.139. The van der Waals surface area contributed by atoms with E-state index < -0.39 is 0 Å². The molecule has 0 saturated carbocycles. The van der Waals surface area contributed by atoms with Crippen molar-refractivity contribution in [2.45, 2.75) is 12.3 Å². The van der Waals surface area contributed by atoms with Gasteiger partial charge in [0.25, 0.3) is 0 Å². The van der Waals surface area contributed by atoms with Crippen molar-refractivity contribution in [2.75, 3.05) is 14.2 Å². The zero-order valence-corrected chi connectivity index (χ0v) is 10.4. The van der Waals surface area contributed by atoms with Crippen molar-refractivity contribution in [3.05, 3.63) is 28.8 Å². The van der Waals surface area contributed by atoms with Gasteiger partial charge < -0.3 is 9.47 Å². The summed E-state index contributed by atoms with van der Waals surface area (Å²) >= 11 is 5.78. The maximum Gasteiger partial charge on any atom is 0.309 e. The molecule has 0 aliphatic heterocycles. The molecule has 5 heteroatoms. The summed E-state index contributed by atoms with van der Waals surface area (Å²) in [7, 11) is 2.79. The molecule has 0 atom stereocenters. The number of ether oxygens (including phenoxy) is 2. The average molecular weight is 254 g/mol. The molecule has 0 unspecified atom stereocenters. The maximum atomic E-state index is 11.2. The number of rotatable bonds is 4. The van der Waals surface area contributed by atoms with E-state index in [1.165, 1.54) is 14.2 Å². The molecule has 1 aromatic rings. The largest absolute Gasteiger partial charge is 0.495 e. The second-order valence-corrected chi connectivity index (χ2v) is 3.59. The van der Waals surface area contributed by atoms with Gasteiger partial charge >= 0.3 is 5.97 Å². The van der Waals surface area contributed by atoms with Crippen LogP contribution < -0.4 is 4.74 Å². The van der Waals surface area contributed by atoms with Gasteiger partial charge in [-0.15, -0.1) is 11.6 Å². The van der Waals surface area contributed by atoms with Gasteiger partial charge in [-0.05, 0) is 23.3 Å². The predicted molar refractivity (Wildman–Crippen MR) is 63.0 cm³/mol. The smallest absolute Gasteiger partial charge is 0.309 e. The number of nitrogens with zero attached hydrogens (tertiary/aromatic N) is 1. The third-order valence-electron chi connectivity index (χ3n) is 2.35. The van der Waals surface area contributed by atoms with E-state index in [-0.39, 0.29) is 18.3 Å². The zero-order chi connectivity index (χ0) is 12.8. The Morgan fingerprint density at radius 3 is 2.59 bits per heavy atom. The lowest BCUT2D eigenvalue weighted by Gasteiger charge is -2.10. The summed E-state index contributed by atoms with van der Waals surface area (Å²) in [6.45, 7) is 0. The van der Waals surface area contributed by atoms with Gasteiger partial charge in [0, 0.05) is 5.88 Å². The topological polar surface area (TPSA) is 59.3 Å². The van der Waals surface area contributed by atoms with Crippen LogP contribution in [-0.4, -0.2) is 20.2 Å². The molecule has 0 aliphatic carbocycles. The van der Waals surface area contributed by atoms with E-state index in [0.29, 0.717) is 16.9 Å². The number of benzene rings is 1. The van der Waals surface area contributed by atoms with Crippen LogP contribution in [0.3, 0.4) is 0 Å². The van der Waals surface area contributed by atoms with Crippen molar-refractivity contribution in [2.24, 2.45) is 0 Å². The standard InChI is InChI=1S/C12H12ClNO3/c1-16-11-4-8(5-12(15)17-2)9(6-13)3-10(11)7-14/h3-4H,5-6H2,1-2H3. The van der Waals surface area contributed by atoms with Gasteiger partial charge in [0.2, 0.25) is 0 Å². The Morgan fingerprint density at radius 2 is 2.12 bits per heavy atom. The van der Waals surface area contributed by atoms with Crippen molar-refractivity contribution in [1.29, 1.82) is 5.26 Å². The first-order chi connectivity index (χ1) is 8.15. The Labute approximate surface area is 105 Å². The summed E-state index contributed by atoms with van der Waals surface area (Å²) in [5, 5.41) is 8.92. The van der Waals surface area contributed by atoms with E-state index >= 15 is 0 Å². The summed E-state index contributed by atoms with van der Waals surface area (Å²) < 4.78 is 9.67. The highest BCUT2D eigenvalue weighted by Crippen LogP contribution is 2.25. The third kappa shape index (κ3) is 3.11. The van der Waals surface area contributed by atoms with E-state index in [9.17, 15) is 4.79 Å². The quantitative estimate of drug-likeness (QED) is 0.608. The van der Waals surface area contributed by atoms with Crippen LogP contribution in [0.1, 0.15) is 16.7 Å².